The molecule has 2 aliphatic heterocycles. The van der Waals surface area contributed by atoms with E-state index in [1.165, 1.54) is 22.5 Å². The van der Waals surface area contributed by atoms with Crippen LogP contribution in [0.1, 0.15) is 36.9 Å². The Balaban J connectivity index is 1.32. The van der Waals surface area contributed by atoms with E-state index in [4.69, 9.17) is 9.47 Å². The van der Waals surface area contributed by atoms with E-state index in [-0.39, 0.29) is 42.3 Å². The SMILES string of the molecule is C[C@@H](NC(=O)C1CCN(S(=O)(=O)Cc2ccccc2F)CC1)c1ccc2c(c1)OCCO2. The topological polar surface area (TPSA) is 84.9 Å². The molecule has 1 amide bonds. The second kappa shape index (κ2) is 9.46. The number of nitrogens with one attached hydrogen (secondary N) is 1. The van der Waals surface area contributed by atoms with Crippen molar-refractivity contribution in [1.29, 1.82) is 0 Å². The molecule has 0 bridgehead atoms. The third-order valence-electron chi connectivity index (χ3n) is 5.94. The van der Waals surface area contributed by atoms with Gasteiger partial charge in [-0.25, -0.2) is 17.1 Å². The minimum atomic E-state index is -3.65. The molecule has 0 aromatic heterocycles. The van der Waals surface area contributed by atoms with E-state index in [9.17, 15) is 17.6 Å². The summed E-state index contributed by atoms with van der Waals surface area (Å²) in [6, 6.07) is 11.3. The van der Waals surface area contributed by atoms with Crippen molar-refractivity contribution in [3.63, 3.8) is 0 Å². The highest BCUT2D eigenvalue weighted by molar-refractivity contribution is 7.88. The van der Waals surface area contributed by atoms with Crippen molar-refractivity contribution in [2.75, 3.05) is 26.3 Å². The number of carbonyl (C=O) groups excluding carboxylic acids is 1. The Morgan fingerprint density at radius 2 is 1.81 bits per heavy atom. The average molecular weight is 463 g/mol. The summed E-state index contributed by atoms with van der Waals surface area (Å²) in [4.78, 5) is 12.8. The molecule has 1 atom stereocenters. The lowest BCUT2D eigenvalue weighted by Crippen LogP contribution is -2.43. The van der Waals surface area contributed by atoms with Gasteiger partial charge in [0.05, 0.1) is 11.8 Å². The molecule has 2 aromatic carbocycles. The van der Waals surface area contributed by atoms with Gasteiger partial charge in [0.15, 0.2) is 11.5 Å². The quantitative estimate of drug-likeness (QED) is 0.713. The second-order valence-electron chi connectivity index (χ2n) is 8.15. The van der Waals surface area contributed by atoms with Gasteiger partial charge in [0.2, 0.25) is 15.9 Å². The number of halogens is 1. The van der Waals surface area contributed by atoms with Crippen molar-refractivity contribution in [1.82, 2.24) is 9.62 Å². The first kappa shape index (κ1) is 22.5. The van der Waals surface area contributed by atoms with Crippen molar-refractivity contribution in [3.05, 3.63) is 59.4 Å². The van der Waals surface area contributed by atoms with Crippen LogP contribution in [0, 0.1) is 11.7 Å². The molecule has 7 nitrogen and oxygen atoms in total. The Morgan fingerprint density at radius 3 is 2.53 bits per heavy atom. The summed E-state index contributed by atoms with van der Waals surface area (Å²) >= 11 is 0. The fourth-order valence-electron chi connectivity index (χ4n) is 4.04. The van der Waals surface area contributed by atoms with Gasteiger partial charge in [-0.15, -0.1) is 0 Å². The maximum atomic E-state index is 13.9. The maximum absolute atomic E-state index is 13.9. The number of benzene rings is 2. The fraction of sp³-hybridized carbons (Fsp3) is 0.435. The van der Waals surface area contributed by atoms with Crippen LogP contribution in [-0.4, -0.2) is 44.9 Å². The summed E-state index contributed by atoms with van der Waals surface area (Å²) in [6.45, 7) is 3.40. The normalized spacial score (nSPS) is 18.2. The van der Waals surface area contributed by atoms with Crippen LogP contribution >= 0.6 is 0 Å². The molecular weight excluding hydrogens is 435 g/mol. The summed E-state index contributed by atoms with van der Waals surface area (Å²) in [7, 11) is -3.65. The van der Waals surface area contributed by atoms with Crippen molar-refractivity contribution >= 4 is 15.9 Å². The summed E-state index contributed by atoms with van der Waals surface area (Å²) in [5.41, 5.74) is 1.06. The number of amides is 1. The number of carbonyl (C=O) groups is 1. The van der Waals surface area contributed by atoms with Gasteiger partial charge in [0, 0.05) is 24.6 Å². The van der Waals surface area contributed by atoms with E-state index in [0.29, 0.717) is 37.6 Å². The van der Waals surface area contributed by atoms with Crippen molar-refractivity contribution in [2.45, 2.75) is 31.6 Å². The Morgan fingerprint density at radius 1 is 1.12 bits per heavy atom. The van der Waals surface area contributed by atoms with Gasteiger partial charge < -0.3 is 14.8 Å². The van der Waals surface area contributed by atoms with Crippen LogP contribution in [0.2, 0.25) is 0 Å². The summed E-state index contributed by atoms with van der Waals surface area (Å²) < 4.78 is 51.7. The Labute approximate surface area is 187 Å². The predicted molar refractivity (Wildman–Crippen MR) is 117 cm³/mol. The molecule has 1 saturated heterocycles. The molecule has 0 saturated carbocycles. The predicted octanol–water partition coefficient (Wildman–Crippen LogP) is 3.02. The number of hydrogen-bond acceptors (Lipinski definition) is 5. The van der Waals surface area contributed by atoms with Gasteiger partial charge in [-0.3, -0.25) is 4.79 Å². The average Bonchev–Trinajstić information content (AvgIpc) is 2.80. The van der Waals surface area contributed by atoms with Crippen LogP contribution in [0.3, 0.4) is 0 Å². The van der Waals surface area contributed by atoms with Crippen LogP contribution in [0.4, 0.5) is 4.39 Å². The van der Waals surface area contributed by atoms with E-state index in [1.807, 2.05) is 25.1 Å². The van der Waals surface area contributed by atoms with E-state index in [2.05, 4.69) is 5.32 Å². The second-order valence-corrected chi connectivity index (χ2v) is 10.1. The maximum Gasteiger partial charge on any atom is 0.223 e. The number of ether oxygens (including phenoxy) is 2. The molecule has 2 aliphatic rings. The van der Waals surface area contributed by atoms with Gasteiger partial charge in [-0.1, -0.05) is 24.3 Å². The van der Waals surface area contributed by atoms with Crippen molar-refractivity contribution < 1.29 is 27.1 Å². The van der Waals surface area contributed by atoms with Gasteiger partial charge in [-0.05, 0) is 43.5 Å². The molecule has 9 heteroatoms. The molecule has 0 radical (unpaired) electrons. The minimum absolute atomic E-state index is 0.0986. The van der Waals surface area contributed by atoms with E-state index < -0.39 is 15.8 Å². The molecule has 1 N–H and O–H groups in total. The lowest BCUT2D eigenvalue weighted by atomic mass is 9.96. The highest BCUT2D eigenvalue weighted by Crippen LogP contribution is 2.33. The first-order chi connectivity index (χ1) is 15.3. The smallest absolute Gasteiger partial charge is 0.223 e. The minimum Gasteiger partial charge on any atom is -0.486 e. The number of rotatable bonds is 6. The lowest BCUT2D eigenvalue weighted by molar-refractivity contribution is -0.126. The number of sulfonamides is 1. The molecule has 4 rings (SSSR count). The van der Waals surface area contributed by atoms with Crippen molar-refractivity contribution in [3.8, 4) is 11.5 Å². The standard InChI is InChI=1S/C23H27FN2O5S/c1-16(18-6-7-21-22(14-18)31-13-12-30-21)25-23(27)17-8-10-26(11-9-17)32(28,29)15-19-4-2-3-5-20(19)24/h2-7,14,16-17H,8-13,15H2,1H3,(H,25,27)/t16-/m1/s1. The molecule has 0 spiro atoms. The van der Waals surface area contributed by atoms with Gasteiger partial charge in [0.25, 0.3) is 0 Å². The van der Waals surface area contributed by atoms with Crippen LogP contribution in [0.15, 0.2) is 42.5 Å². The zero-order valence-corrected chi connectivity index (χ0v) is 18.7. The molecular formula is C23H27FN2O5S. The first-order valence-corrected chi connectivity index (χ1v) is 12.4. The van der Waals surface area contributed by atoms with Crippen LogP contribution in [0.25, 0.3) is 0 Å². The van der Waals surface area contributed by atoms with Crippen molar-refractivity contribution in [2.24, 2.45) is 5.92 Å². The fourth-order valence-corrected chi connectivity index (χ4v) is 5.62. The Kier molecular flexibility index (Phi) is 6.66. The van der Waals surface area contributed by atoms with E-state index in [0.717, 1.165) is 5.56 Å². The molecule has 0 aliphatic carbocycles. The monoisotopic (exact) mass is 462 g/mol. The van der Waals surface area contributed by atoms with E-state index in [1.54, 1.807) is 6.07 Å². The van der Waals surface area contributed by atoms with Gasteiger partial charge in [-0.2, -0.15) is 0 Å². The number of hydrogen-bond donors (Lipinski definition) is 1. The molecule has 172 valence electrons. The lowest BCUT2D eigenvalue weighted by Gasteiger charge is -2.31. The molecule has 1 fully saturated rings. The molecule has 0 unspecified atom stereocenters. The zero-order chi connectivity index (χ0) is 22.7. The van der Waals surface area contributed by atoms with Gasteiger partial charge in [0.1, 0.15) is 19.0 Å². The third kappa shape index (κ3) is 5.05. The Hall–Kier alpha value is -2.65. The van der Waals surface area contributed by atoms with Gasteiger partial charge >= 0.3 is 0 Å². The highest BCUT2D eigenvalue weighted by atomic mass is 32.2. The molecule has 32 heavy (non-hydrogen) atoms. The van der Waals surface area contributed by atoms with E-state index >= 15 is 0 Å². The summed E-state index contributed by atoms with van der Waals surface area (Å²) in [5.74, 6) is 0.0924. The number of piperidine rings is 1. The molecule has 2 heterocycles. The zero-order valence-electron chi connectivity index (χ0n) is 17.9. The molecule has 2 aromatic rings. The van der Waals surface area contributed by atoms with Crippen LogP contribution in [-0.2, 0) is 20.6 Å². The van der Waals surface area contributed by atoms with Crippen LogP contribution < -0.4 is 14.8 Å². The first-order valence-electron chi connectivity index (χ1n) is 10.7. The Bertz CT molecular complexity index is 1080. The largest absolute Gasteiger partial charge is 0.486 e. The number of fused-ring (bicyclic) bond motifs is 1. The summed E-state index contributed by atoms with van der Waals surface area (Å²) in [6.07, 6.45) is 0.854. The summed E-state index contributed by atoms with van der Waals surface area (Å²) in [5, 5.41) is 3.02. The van der Waals surface area contributed by atoms with Crippen LogP contribution in [0.5, 0.6) is 11.5 Å². The number of nitrogens with zero attached hydrogens (tertiary/aromatic N) is 1. The third-order valence-corrected chi connectivity index (χ3v) is 7.77. The highest BCUT2D eigenvalue weighted by Gasteiger charge is 2.32.